The summed E-state index contributed by atoms with van der Waals surface area (Å²) in [5, 5.41) is 2.67. The van der Waals surface area contributed by atoms with Gasteiger partial charge in [-0.25, -0.2) is 9.59 Å². The monoisotopic (exact) mass is 409 g/mol. The molecule has 7 heteroatoms. The van der Waals surface area contributed by atoms with E-state index in [-0.39, 0.29) is 31.2 Å². The second-order valence-electron chi connectivity index (χ2n) is 8.32. The van der Waals surface area contributed by atoms with Gasteiger partial charge in [0.25, 0.3) is 0 Å². The Morgan fingerprint density at radius 3 is 2.31 bits per heavy atom. The van der Waals surface area contributed by atoms with E-state index in [1.54, 1.807) is 45.0 Å². The highest BCUT2D eigenvalue weighted by Gasteiger charge is 2.26. The molecular formula is C22H32FNO5. The molecule has 6 nitrogen and oxygen atoms in total. The van der Waals surface area contributed by atoms with Gasteiger partial charge in [0.1, 0.15) is 11.7 Å². The minimum Gasteiger partial charge on any atom is -0.459 e. The first-order chi connectivity index (χ1) is 13.8. The molecule has 0 aromatic heterocycles. The summed E-state index contributed by atoms with van der Waals surface area (Å²) in [6.45, 7) is 5.00. The molecule has 0 saturated heterocycles. The van der Waals surface area contributed by atoms with Crippen LogP contribution >= 0.6 is 0 Å². The number of rotatable bonds is 8. The van der Waals surface area contributed by atoms with E-state index in [1.165, 1.54) is 0 Å². The van der Waals surface area contributed by atoms with E-state index in [1.807, 2.05) is 6.07 Å². The van der Waals surface area contributed by atoms with E-state index in [2.05, 4.69) is 5.32 Å². The van der Waals surface area contributed by atoms with Gasteiger partial charge in [-0.2, -0.15) is 0 Å². The summed E-state index contributed by atoms with van der Waals surface area (Å²) in [6.07, 6.45) is 2.42. The van der Waals surface area contributed by atoms with E-state index in [0.29, 0.717) is 5.56 Å². The molecular weight excluding hydrogens is 377 g/mol. The van der Waals surface area contributed by atoms with Gasteiger partial charge in [-0.15, -0.1) is 0 Å². The summed E-state index contributed by atoms with van der Waals surface area (Å²) in [7, 11) is 0. The summed E-state index contributed by atoms with van der Waals surface area (Å²) in [4.78, 5) is 24.0. The van der Waals surface area contributed by atoms with Gasteiger partial charge in [0.15, 0.2) is 0 Å². The first-order valence-electron chi connectivity index (χ1n) is 10.2. The third kappa shape index (κ3) is 8.81. The zero-order valence-electron chi connectivity index (χ0n) is 17.5. The number of alkyl halides is 1. The quantitative estimate of drug-likeness (QED) is 0.643. The van der Waals surface area contributed by atoms with Crippen molar-refractivity contribution in [2.24, 2.45) is 0 Å². The maximum Gasteiger partial charge on any atom is 0.407 e. The van der Waals surface area contributed by atoms with E-state index >= 15 is 0 Å². The Kier molecular flexibility index (Phi) is 8.89. The second-order valence-corrected chi connectivity index (χ2v) is 8.32. The number of hydrogen-bond donors (Lipinski definition) is 1. The molecule has 1 aliphatic rings. The van der Waals surface area contributed by atoms with Crippen molar-refractivity contribution in [3.05, 3.63) is 35.9 Å². The number of hydrogen-bond acceptors (Lipinski definition) is 5. The molecule has 1 N–H and O–H groups in total. The standard InChI is InChI=1S/C22H32FNO5/c1-22(2,3)29-21(26)24-17(13-14-23)15-27-18-9-11-19(12-10-18)28-20(25)16-7-5-4-6-8-16/h4-8,17-19H,9-15H2,1-3H3,(H,24,26)/t17-,18-,19-/m0/s1. The highest BCUT2D eigenvalue weighted by Crippen LogP contribution is 2.24. The Morgan fingerprint density at radius 1 is 1.10 bits per heavy atom. The average molecular weight is 409 g/mol. The Morgan fingerprint density at radius 2 is 1.72 bits per heavy atom. The van der Waals surface area contributed by atoms with Gasteiger partial charge in [-0.3, -0.25) is 4.39 Å². The number of benzene rings is 1. The molecule has 0 spiro atoms. The average Bonchev–Trinajstić information content (AvgIpc) is 2.66. The molecule has 1 saturated carbocycles. The number of alkyl carbamates (subject to hydrolysis) is 1. The fraction of sp³-hybridized carbons (Fsp3) is 0.636. The topological polar surface area (TPSA) is 73.9 Å². The van der Waals surface area contributed by atoms with E-state index in [9.17, 15) is 14.0 Å². The molecule has 0 unspecified atom stereocenters. The molecule has 0 bridgehead atoms. The molecule has 1 aromatic carbocycles. The van der Waals surface area contributed by atoms with Crippen LogP contribution in [0.15, 0.2) is 30.3 Å². The minimum atomic E-state index is -0.610. The Hall–Kier alpha value is -2.15. The Balaban J connectivity index is 1.71. The van der Waals surface area contributed by atoms with Gasteiger partial charge in [0.05, 0.1) is 31.0 Å². The van der Waals surface area contributed by atoms with Crippen LogP contribution in [-0.2, 0) is 14.2 Å². The SMILES string of the molecule is CC(C)(C)OC(=O)N[C@@H](CCF)CO[C@H]1CC[C@H](OC(=O)c2ccccc2)CC1. The normalized spacial score (nSPS) is 20.6. The maximum atomic E-state index is 12.8. The van der Waals surface area contributed by atoms with Gasteiger partial charge in [0.2, 0.25) is 0 Å². The van der Waals surface area contributed by atoms with Crippen molar-refractivity contribution in [3.63, 3.8) is 0 Å². The molecule has 1 amide bonds. The van der Waals surface area contributed by atoms with Crippen LogP contribution in [-0.4, -0.2) is 49.2 Å². The molecule has 0 radical (unpaired) electrons. The lowest BCUT2D eigenvalue weighted by atomic mass is 9.95. The van der Waals surface area contributed by atoms with E-state index in [0.717, 1.165) is 25.7 Å². The van der Waals surface area contributed by atoms with Crippen molar-refractivity contribution in [1.82, 2.24) is 5.32 Å². The van der Waals surface area contributed by atoms with E-state index < -0.39 is 24.4 Å². The highest BCUT2D eigenvalue weighted by molar-refractivity contribution is 5.89. The van der Waals surface area contributed by atoms with Crippen molar-refractivity contribution < 1.29 is 28.2 Å². The predicted molar refractivity (Wildman–Crippen MR) is 108 cm³/mol. The molecule has 2 rings (SSSR count). The summed E-state index contributed by atoms with van der Waals surface area (Å²) in [5.41, 5.74) is -0.0611. The van der Waals surface area contributed by atoms with Crippen LogP contribution in [0.5, 0.6) is 0 Å². The van der Waals surface area contributed by atoms with Gasteiger partial charge >= 0.3 is 12.1 Å². The lowest BCUT2D eigenvalue weighted by Gasteiger charge is -2.30. The highest BCUT2D eigenvalue weighted by atomic mass is 19.1. The molecule has 1 atom stereocenters. The van der Waals surface area contributed by atoms with Crippen LogP contribution in [0.3, 0.4) is 0 Å². The number of nitrogens with one attached hydrogen (secondary N) is 1. The minimum absolute atomic E-state index is 0.00391. The maximum absolute atomic E-state index is 12.8. The lowest BCUT2D eigenvalue weighted by Crippen LogP contribution is -2.42. The van der Waals surface area contributed by atoms with Crippen molar-refractivity contribution in [1.29, 1.82) is 0 Å². The summed E-state index contributed by atoms with van der Waals surface area (Å²) >= 11 is 0. The number of carbonyl (C=O) groups excluding carboxylic acids is 2. The number of carbonyl (C=O) groups is 2. The molecule has 29 heavy (non-hydrogen) atoms. The van der Waals surface area contributed by atoms with Crippen LogP contribution in [0.2, 0.25) is 0 Å². The lowest BCUT2D eigenvalue weighted by molar-refractivity contribution is -0.0264. The van der Waals surface area contributed by atoms with Gasteiger partial charge in [0, 0.05) is 0 Å². The number of ether oxygens (including phenoxy) is 3. The van der Waals surface area contributed by atoms with Crippen LogP contribution in [0.4, 0.5) is 9.18 Å². The van der Waals surface area contributed by atoms with Crippen LogP contribution < -0.4 is 5.32 Å². The Labute approximate surface area is 172 Å². The number of halogens is 1. The van der Waals surface area contributed by atoms with Gasteiger partial charge in [-0.1, -0.05) is 18.2 Å². The fourth-order valence-corrected chi connectivity index (χ4v) is 3.17. The third-order valence-electron chi connectivity index (χ3n) is 4.62. The van der Waals surface area contributed by atoms with Crippen molar-refractivity contribution in [2.75, 3.05) is 13.3 Å². The van der Waals surface area contributed by atoms with Crippen LogP contribution in [0, 0.1) is 0 Å². The predicted octanol–water partition coefficient (Wildman–Crippen LogP) is 4.42. The largest absolute Gasteiger partial charge is 0.459 e. The molecule has 0 heterocycles. The third-order valence-corrected chi connectivity index (χ3v) is 4.62. The zero-order valence-corrected chi connectivity index (χ0v) is 17.5. The molecule has 0 aliphatic heterocycles. The number of esters is 1. The fourth-order valence-electron chi connectivity index (χ4n) is 3.17. The van der Waals surface area contributed by atoms with Crippen LogP contribution in [0.25, 0.3) is 0 Å². The zero-order chi connectivity index (χ0) is 21.3. The summed E-state index contributed by atoms with van der Waals surface area (Å²) in [6, 6.07) is 8.50. The summed E-state index contributed by atoms with van der Waals surface area (Å²) in [5.74, 6) is -0.306. The smallest absolute Gasteiger partial charge is 0.407 e. The first kappa shape index (κ1) is 23.1. The van der Waals surface area contributed by atoms with Gasteiger partial charge in [-0.05, 0) is 65.0 Å². The van der Waals surface area contributed by atoms with Crippen molar-refractivity contribution in [2.45, 2.75) is 76.7 Å². The van der Waals surface area contributed by atoms with Crippen molar-refractivity contribution in [3.8, 4) is 0 Å². The Bertz CT molecular complexity index is 638. The number of amides is 1. The molecule has 162 valence electrons. The molecule has 1 aromatic rings. The second kappa shape index (κ2) is 11.1. The van der Waals surface area contributed by atoms with Crippen molar-refractivity contribution >= 4 is 12.1 Å². The molecule has 1 fully saturated rings. The van der Waals surface area contributed by atoms with E-state index in [4.69, 9.17) is 14.2 Å². The first-order valence-corrected chi connectivity index (χ1v) is 10.2. The van der Waals surface area contributed by atoms with Gasteiger partial charge < -0.3 is 19.5 Å². The van der Waals surface area contributed by atoms with Crippen LogP contribution in [0.1, 0.15) is 63.2 Å². The molecule has 1 aliphatic carbocycles. The summed E-state index contributed by atoms with van der Waals surface area (Å²) < 4.78 is 29.5.